The highest BCUT2D eigenvalue weighted by Gasteiger charge is 2.20. The Hall–Kier alpha value is -1.19. The predicted molar refractivity (Wildman–Crippen MR) is 63.1 cm³/mol. The SMILES string of the molecule is CC(=O)OCCNS(=O)(=O)c1sc(N)nc1C. The first kappa shape index (κ1) is 13.9. The Morgan fingerprint density at radius 2 is 2.24 bits per heavy atom. The Labute approximate surface area is 103 Å². The van der Waals surface area contributed by atoms with Crippen molar-refractivity contribution < 1.29 is 17.9 Å². The third-order valence-corrected chi connectivity index (χ3v) is 4.77. The molecule has 17 heavy (non-hydrogen) atoms. The van der Waals surface area contributed by atoms with Crippen LogP contribution in [0.2, 0.25) is 0 Å². The smallest absolute Gasteiger partial charge is 0.302 e. The number of sulfonamides is 1. The van der Waals surface area contributed by atoms with Gasteiger partial charge in [0.2, 0.25) is 0 Å². The van der Waals surface area contributed by atoms with Gasteiger partial charge in [-0.15, -0.1) is 0 Å². The van der Waals surface area contributed by atoms with Gasteiger partial charge in [-0.3, -0.25) is 4.79 Å². The average molecular weight is 279 g/mol. The molecule has 7 nitrogen and oxygen atoms in total. The molecule has 0 atom stereocenters. The molecule has 0 radical (unpaired) electrons. The van der Waals surface area contributed by atoms with Gasteiger partial charge in [0.15, 0.2) is 9.34 Å². The Morgan fingerprint density at radius 3 is 2.71 bits per heavy atom. The number of rotatable bonds is 5. The van der Waals surface area contributed by atoms with Crippen molar-refractivity contribution in [2.24, 2.45) is 0 Å². The molecule has 1 rings (SSSR count). The van der Waals surface area contributed by atoms with Crippen LogP contribution in [0.25, 0.3) is 0 Å². The molecule has 1 heterocycles. The normalized spacial score (nSPS) is 11.4. The Kier molecular flexibility index (Phi) is 4.43. The second-order valence-electron chi connectivity index (χ2n) is 3.16. The number of anilines is 1. The Morgan fingerprint density at radius 1 is 1.59 bits per heavy atom. The molecular weight excluding hydrogens is 266 g/mol. The summed E-state index contributed by atoms with van der Waals surface area (Å²) in [5.74, 6) is -0.456. The van der Waals surface area contributed by atoms with E-state index in [9.17, 15) is 13.2 Å². The predicted octanol–water partition coefficient (Wildman–Crippen LogP) is -0.125. The summed E-state index contributed by atoms with van der Waals surface area (Å²) in [6.45, 7) is 2.82. The second-order valence-corrected chi connectivity index (χ2v) is 6.16. The number of nitrogens with one attached hydrogen (secondary N) is 1. The van der Waals surface area contributed by atoms with Crippen molar-refractivity contribution in [3.63, 3.8) is 0 Å². The van der Waals surface area contributed by atoms with E-state index in [0.717, 1.165) is 11.3 Å². The van der Waals surface area contributed by atoms with Crippen LogP contribution in [0.4, 0.5) is 5.13 Å². The third kappa shape index (κ3) is 3.95. The first-order valence-corrected chi connectivity index (χ1v) is 6.99. The van der Waals surface area contributed by atoms with Crippen LogP contribution in [-0.4, -0.2) is 32.5 Å². The van der Waals surface area contributed by atoms with E-state index in [0.29, 0.717) is 5.69 Å². The molecule has 0 aromatic carbocycles. The van der Waals surface area contributed by atoms with E-state index in [-0.39, 0.29) is 22.5 Å². The number of hydrogen-bond acceptors (Lipinski definition) is 7. The lowest BCUT2D eigenvalue weighted by Crippen LogP contribution is -2.27. The van der Waals surface area contributed by atoms with E-state index < -0.39 is 16.0 Å². The van der Waals surface area contributed by atoms with Gasteiger partial charge in [0, 0.05) is 13.5 Å². The number of ether oxygens (including phenoxy) is 1. The number of carbonyl (C=O) groups is 1. The van der Waals surface area contributed by atoms with Gasteiger partial charge in [-0.25, -0.2) is 18.1 Å². The van der Waals surface area contributed by atoms with E-state index in [4.69, 9.17) is 5.73 Å². The van der Waals surface area contributed by atoms with Gasteiger partial charge in [0.1, 0.15) is 6.61 Å². The first-order valence-electron chi connectivity index (χ1n) is 4.69. The van der Waals surface area contributed by atoms with Crippen LogP contribution in [0.3, 0.4) is 0 Å². The van der Waals surface area contributed by atoms with Crippen molar-refractivity contribution in [3.8, 4) is 0 Å². The number of esters is 1. The molecule has 1 aromatic heterocycles. The van der Waals surface area contributed by atoms with E-state index in [2.05, 4.69) is 14.4 Å². The molecule has 0 aliphatic heterocycles. The highest BCUT2D eigenvalue weighted by Crippen LogP contribution is 2.24. The summed E-state index contributed by atoms with van der Waals surface area (Å²) in [5.41, 5.74) is 5.77. The van der Waals surface area contributed by atoms with Crippen LogP contribution < -0.4 is 10.5 Å². The molecule has 1 aromatic rings. The zero-order valence-corrected chi connectivity index (χ0v) is 11.0. The summed E-state index contributed by atoms with van der Waals surface area (Å²) >= 11 is 0.894. The maximum atomic E-state index is 11.8. The first-order chi connectivity index (χ1) is 7.83. The number of nitrogens with zero attached hydrogens (tertiary/aromatic N) is 1. The third-order valence-electron chi connectivity index (χ3n) is 1.71. The van der Waals surface area contributed by atoms with Gasteiger partial charge >= 0.3 is 5.97 Å². The number of thiazole rings is 1. The lowest BCUT2D eigenvalue weighted by Gasteiger charge is -2.05. The van der Waals surface area contributed by atoms with Crippen molar-refractivity contribution in [2.75, 3.05) is 18.9 Å². The van der Waals surface area contributed by atoms with Crippen LogP contribution in [-0.2, 0) is 19.6 Å². The molecule has 0 fully saturated rings. The minimum absolute atomic E-state index is 0.0120. The molecule has 0 aliphatic rings. The fraction of sp³-hybridized carbons (Fsp3) is 0.500. The van der Waals surface area contributed by atoms with Crippen molar-refractivity contribution >= 4 is 32.5 Å². The molecule has 0 amide bonds. The molecular formula is C8H13N3O4S2. The summed E-state index contributed by atoms with van der Waals surface area (Å²) in [6, 6.07) is 0. The van der Waals surface area contributed by atoms with Crippen LogP contribution >= 0.6 is 11.3 Å². The zero-order chi connectivity index (χ0) is 13.1. The summed E-state index contributed by atoms with van der Waals surface area (Å²) in [6.07, 6.45) is 0. The fourth-order valence-electron chi connectivity index (χ4n) is 1.09. The maximum absolute atomic E-state index is 11.8. The van der Waals surface area contributed by atoms with Gasteiger partial charge in [0.25, 0.3) is 10.0 Å². The summed E-state index contributed by atoms with van der Waals surface area (Å²) in [7, 11) is -3.63. The van der Waals surface area contributed by atoms with Gasteiger partial charge < -0.3 is 10.5 Å². The van der Waals surface area contributed by atoms with Crippen molar-refractivity contribution in [1.29, 1.82) is 0 Å². The Balaban J connectivity index is 2.63. The van der Waals surface area contributed by atoms with Crippen molar-refractivity contribution in [1.82, 2.24) is 9.71 Å². The maximum Gasteiger partial charge on any atom is 0.302 e. The van der Waals surface area contributed by atoms with Crippen LogP contribution in [0.5, 0.6) is 0 Å². The van der Waals surface area contributed by atoms with Crippen molar-refractivity contribution in [2.45, 2.75) is 18.1 Å². The largest absolute Gasteiger partial charge is 0.464 e. The van der Waals surface area contributed by atoms with E-state index in [1.54, 1.807) is 6.92 Å². The highest BCUT2D eigenvalue weighted by atomic mass is 32.2. The number of hydrogen-bond donors (Lipinski definition) is 2. The Bertz CT molecular complexity index is 509. The van der Waals surface area contributed by atoms with Crippen LogP contribution in [0.15, 0.2) is 4.21 Å². The zero-order valence-electron chi connectivity index (χ0n) is 9.39. The fourth-order valence-corrected chi connectivity index (χ4v) is 3.44. The number of nitrogens with two attached hydrogens (primary N) is 1. The molecule has 3 N–H and O–H groups in total. The topological polar surface area (TPSA) is 111 Å². The lowest BCUT2D eigenvalue weighted by molar-refractivity contribution is -0.140. The number of nitrogen functional groups attached to an aromatic ring is 1. The quantitative estimate of drug-likeness (QED) is 0.574. The highest BCUT2D eigenvalue weighted by molar-refractivity contribution is 7.91. The lowest BCUT2D eigenvalue weighted by atomic mass is 10.6. The number of carbonyl (C=O) groups excluding carboxylic acids is 1. The van der Waals surface area contributed by atoms with Gasteiger partial charge in [-0.2, -0.15) is 0 Å². The second kappa shape index (κ2) is 5.43. The van der Waals surface area contributed by atoms with Crippen LogP contribution in [0, 0.1) is 6.92 Å². The molecule has 9 heteroatoms. The monoisotopic (exact) mass is 279 g/mol. The van der Waals surface area contributed by atoms with Crippen LogP contribution in [0.1, 0.15) is 12.6 Å². The average Bonchev–Trinajstić information content (AvgIpc) is 2.53. The van der Waals surface area contributed by atoms with E-state index in [1.807, 2.05) is 0 Å². The molecule has 0 bridgehead atoms. The standard InChI is InChI=1S/C8H13N3O4S2/c1-5-7(16-8(9)11-5)17(13,14)10-3-4-15-6(2)12/h10H,3-4H2,1-2H3,(H2,9,11). The summed E-state index contributed by atoms with van der Waals surface area (Å²) in [5, 5.41) is 0.197. The number of aryl methyl sites for hydroxylation is 1. The minimum Gasteiger partial charge on any atom is -0.464 e. The summed E-state index contributed by atoms with van der Waals surface area (Å²) in [4.78, 5) is 14.3. The van der Waals surface area contributed by atoms with E-state index in [1.165, 1.54) is 6.92 Å². The van der Waals surface area contributed by atoms with Crippen molar-refractivity contribution in [3.05, 3.63) is 5.69 Å². The van der Waals surface area contributed by atoms with Gasteiger partial charge in [-0.05, 0) is 6.92 Å². The number of aromatic nitrogens is 1. The molecule has 96 valence electrons. The van der Waals surface area contributed by atoms with Gasteiger partial charge in [0.05, 0.1) is 5.69 Å². The molecule has 0 saturated carbocycles. The molecule has 0 aliphatic carbocycles. The van der Waals surface area contributed by atoms with Gasteiger partial charge in [-0.1, -0.05) is 11.3 Å². The minimum atomic E-state index is -3.63. The molecule has 0 saturated heterocycles. The molecule has 0 spiro atoms. The molecule has 0 unspecified atom stereocenters. The van der Waals surface area contributed by atoms with E-state index >= 15 is 0 Å². The summed E-state index contributed by atoms with van der Waals surface area (Å²) < 4.78 is 30.5.